The van der Waals surface area contributed by atoms with Crippen molar-refractivity contribution in [2.24, 2.45) is 39.7 Å². The second-order valence-corrected chi connectivity index (χ2v) is 13.7. The monoisotopic (exact) mass is 523 g/mol. The number of fused-ring (bicyclic) bond motifs is 5. The maximum Gasteiger partial charge on any atom is 0.436 e. The van der Waals surface area contributed by atoms with E-state index in [9.17, 15) is 14.4 Å². The molecule has 5 fully saturated rings. The van der Waals surface area contributed by atoms with Crippen LogP contribution in [0.1, 0.15) is 97.8 Å². The highest BCUT2D eigenvalue weighted by atomic mass is 16.7. The molecule has 7 heteroatoms. The number of rotatable bonds is 6. The third kappa shape index (κ3) is 4.47. The predicted octanol–water partition coefficient (Wildman–Crippen LogP) is 5.43. The molecule has 7 atom stereocenters. The van der Waals surface area contributed by atoms with E-state index >= 15 is 0 Å². The summed E-state index contributed by atoms with van der Waals surface area (Å²) in [4.78, 5) is 44.5. The Hall–Kier alpha value is -2.02. The SMILES string of the molecule is C/C(=N\OC(=O)N(CCC1NCCC1=O)C1CC1)[C@H]1CC[C@H]2[C@@H]3CCC4=CC(=O)CC[C@]4(C)[C@H]3CC[C@]12C. The summed E-state index contributed by atoms with van der Waals surface area (Å²) in [6, 6.07) is 0.0855. The van der Waals surface area contributed by atoms with Crippen LogP contribution in [0.5, 0.6) is 0 Å². The maximum absolute atomic E-state index is 13.0. The fourth-order valence-electron chi connectivity index (χ4n) is 9.47. The summed E-state index contributed by atoms with van der Waals surface area (Å²) in [5.74, 6) is 2.97. The van der Waals surface area contributed by atoms with E-state index in [-0.39, 0.29) is 34.8 Å². The van der Waals surface area contributed by atoms with E-state index in [1.807, 2.05) is 6.08 Å². The summed E-state index contributed by atoms with van der Waals surface area (Å²) in [6.45, 7) is 8.23. The Kier molecular flexibility index (Phi) is 6.81. The standard InChI is InChI=1S/C31H45N3O4/c1-19(33-38-29(37)34(21-5-6-21)17-13-27-28(36)12-16-32-27)24-8-9-25-23-7-4-20-18-22(35)10-14-30(20,2)26(23)11-15-31(24,25)3/h18,21,23-27,32H,4-17H2,1-3H3/b33-19+/t23-,24+,25-,26-,27?,30-,31+/m0/s1. The number of nitrogens with zero attached hydrogens (tertiary/aromatic N) is 2. The minimum atomic E-state index is -0.368. The average Bonchev–Trinajstić information content (AvgIpc) is 3.54. The predicted molar refractivity (Wildman–Crippen MR) is 146 cm³/mol. The molecule has 0 aromatic rings. The van der Waals surface area contributed by atoms with E-state index in [0.29, 0.717) is 55.3 Å². The van der Waals surface area contributed by atoms with Crippen molar-refractivity contribution in [3.05, 3.63) is 11.6 Å². The zero-order valence-corrected chi connectivity index (χ0v) is 23.5. The Morgan fingerprint density at radius 1 is 1.05 bits per heavy atom. The first-order chi connectivity index (χ1) is 18.2. The van der Waals surface area contributed by atoms with E-state index in [2.05, 4.69) is 31.2 Å². The molecule has 0 aromatic heterocycles. The van der Waals surface area contributed by atoms with Crippen molar-refractivity contribution in [3.63, 3.8) is 0 Å². The summed E-state index contributed by atoms with van der Waals surface area (Å²) >= 11 is 0. The Labute approximate surface area is 227 Å². The van der Waals surface area contributed by atoms with Crippen LogP contribution in [0.4, 0.5) is 4.79 Å². The highest BCUT2D eigenvalue weighted by molar-refractivity contribution is 5.91. The Morgan fingerprint density at radius 2 is 1.87 bits per heavy atom. The van der Waals surface area contributed by atoms with Crippen molar-refractivity contribution in [2.75, 3.05) is 13.1 Å². The van der Waals surface area contributed by atoms with Crippen LogP contribution in [0, 0.1) is 34.5 Å². The van der Waals surface area contributed by atoms with Gasteiger partial charge in [-0.15, -0.1) is 0 Å². The van der Waals surface area contributed by atoms with E-state index < -0.39 is 0 Å². The van der Waals surface area contributed by atoms with Gasteiger partial charge in [-0.05, 0) is 106 Å². The highest BCUT2D eigenvalue weighted by Crippen LogP contribution is 2.66. The molecule has 6 aliphatic rings. The molecular weight excluding hydrogens is 478 g/mol. The van der Waals surface area contributed by atoms with Crippen LogP contribution in [0.25, 0.3) is 0 Å². The summed E-state index contributed by atoms with van der Waals surface area (Å²) in [5.41, 5.74) is 2.76. The number of Topliss-reactive ketones (excluding diaryl/α,β-unsaturated/α-hetero) is 1. The van der Waals surface area contributed by atoms with Crippen LogP contribution in [0.2, 0.25) is 0 Å². The molecule has 1 unspecified atom stereocenters. The molecular formula is C31H45N3O4. The lowest BCUT2D eigenvalue weighted by Crippen LogP contribution is -2.51. The van der Waals surface area contributed by atoms with Crippen molar-refractivity contribution in [1.82, 2.24) is 10.2 Å². The van der Waals surface area contributed by atoms with Gasteiger partial charge in [0.1, 0.15) is 0 Å². The van der Waals surface area contributed by atoms with Crippen molar-refractivity contribution in [3.8, 4) is 0 Å². The van der Waals surface area contributed by atoms with Gasteiger partial charge in [0.15, 0.2) is 11.6 Å². The number of ketones is 2. The van der Waals surface area contributed by atoms with Gasteiger partial charge < -0.3 is 10.2 Å². The molecule has 0 radical (unpaired) electrons. The van der Waals surface area contributed by atoms with E-state index in [1.165, 1.54) is 31.3 Å². The molecule has 1 heterocycles. The number of amides is 1. The van der Waals surface area contributed by atoms with E-state index in [0.717, 1.165) is 44.4 Å². The first kappa shape index (κ1) is 26.2. The normalized spacial score (nSPS) is 40.8. The molecule has 7 nitrogen and oxygen atoms in total. The number of hydrogen-bond donors (Lipinski definition) is 1. The second-order valence-electron chi connectivity index (χ2n) is 13.7. The smallest absolute Gasteiger partial charge is 0.307 e. The van der Waals surface area contributed by atoms with Crippen molar-refractivity contribution < 1.29 is 19.2 Å². The minimum absolute atomic E-state index is 0.137. The molecule has 5 aliphatic carbocycles. The van der Waals surface area contributed by atoms with Gasteiger partial charge >= 0.3 is 6.09 Å². The lowest BCUT2D eigenvalue weighted by molar-refractivity contribution is -0.119. The fourth-order valence-corrected chi connectivity index (χ4v) is 9.47. The van der Waals surface area contributed by atoms with Crippen LogP contribution in [-0.2, 0) is 14.4 Å². The number of carbonyl (C=O) groups is 3. The Bertz CT molecular complexity index is 1060. The summed E-state index contributed by atoms with van der Waals surface area (Å²) < 4.78 is 0. The first-order valence-corrected chi connectivity index (χ1v) is 15.2. The van der Waals surface area contributed by atoms with Gasteiger partial charge in [0.2, 0.25) is 0 Å². The first-order valence-electron chi connectivity index (χ1n) is 15.2. The molecule has 1 aliphatic heterocycles. The second kappa shape index (κ2) is 9.87. The molecule has 0 bridgehead atoms. The zero-order chi connectivity index (χ0) is 26.7. The minimum Gasteiger partial charge on any atom is -0.307 e. The number of hydrogen-bond acceptors (Lipinski definition) is 6. The van der Waals surface area contributed by atoms with Gasteiger partial charge in [-0.2, -0.15) is 0 Å². The summed E-state index contributed by atoms with van der Waals surface area (Å²) in [7, 11) is 0. The molecule has 0 spiro atoms. The number of carbonyl (C=O) groups excluding carboxylic acids is 3. The van der Waals surface area contributed by atoms with Gasteiger partial charge in [0.05, 0.1) is 11.8 Å². The molecule has 1 saturated heterocycles. The van der Waals surface area contributed by atoms with Crippen molar-refractivity contribution in [1.29, 1.82) is 0 Å². The number of oxime groups is 1. The van der Waals surface area contributed by atoms with Crippen molar-refractivity contribution in [2.45, 2.75) is 110 Å². The van der Waals surface area contributed by atoms with Crippen LogP contribution in [-0.4, -0.2) is 53.4 Å². The molecule has 4 saturated carbocycles. The lowest BCUT2D eigenvalue weighted by Gasteiger charge is -2.58. The molecule has 208 valence electrons. The van der Waals surface area contributed by atoms with Gasteiger partial charge in [-0.25, -0.2) is 4.79 Å². The number of allylic oxidation sites excluding steroid dienone is 1. The summed E-state index contributed by atoms with van der Waals surface area (Å²) in [5, 5.41) is 7.70. The number of nitrogens with one attached hydrogen (secondary N) is 1. The fraction of sp³-hybridized carbons (Fsp3) is 0.806. The lowest BCUT2D eigenvalue weighted by atomic mass is 9.46. The summed E-state index contributed by atoms with van der Waals surface area (Å²) in [6.07, 6.45) is 13.6. The van der Waals surface area contributed by atoms with Gasteiger partial charge in [0.25, 0.3) is 0 Å². The third-order valence-electron chi connectivity index (χ3n) is 11.8. The van der Waals surface area contributed by atoms with Gasteiger partial charge in [-0.1, -0.05) is 24.6 Å². The Morgan fingerprint density at radius 3 is 2.61 bits per heavy atom. The third-order valence-corrected chi connectivity index (χ3v) is 11.8. The molecule has 38 heavy (non-hydrogen) atoms. The average molecular weight is 524 g/mol. The topological polar surface area (TPSA) is 88.1 Å². The molecule has 1 N–H and O–H groups in total. The van der Waals surface area contributed by atoms with Crippen LogP contribution >= 0.6 is 0 Å². The molecule has 0 aromatic carbocycles. The van der Waals surface area contributed by atoms with E-state index in [1.54, 1.807) is 4.90 Å². The zero-order valence-electron chi connectivity index (χ0n) is 23.5. The maximum atomic E-state index is 13.0. The quantitative estimate of drug-likeness (QED) is 0.285. The van der Waals surface area contributed by atoms with E-state index in [4.69, 9.17) is 4.84 Å². The van der Waals surface area contributed by atoms with Gasteiger partial charge in [0, 0.05) is 37.9 Å². The highest BCUT2D eigenvalue weighted by Gasteiger charge is 2.59. The van der Waals surface area contributed by atoms with Crippen molar-refractivity contribution >= 4 is 23.4 Å². The molecule has 1 amide bonds. The van der Waals surface area contributed by atoms with Crippen LogP contribution in [0.3, 0.4) is 0 Å². The largest absolute Gasteiger partial charge is 0.436 e. The van der Waals surface area contributed by atoms with Crippen LogP contribution in [0.15, 0.2) is 16.8 Å². The van der Waals surface area contributed by atoms with Gasteiger partial charge in [-0.3, -0.25) is 14.4 Å². The Balaban J connectivity index is 1.11. The molecule has 6 rings (SSSR count). The van der Waals surface area contributed by atoms with Crippen LogP contribution < -0.4 is 5.32 Å².